The first kappa shape index (κ1) is 12.5. The molecule has 1 atom stereocenters. The van der Waals surface area contributed by atoms with Crippen molar-refractivity contribution in [2.45, 2.75) is 32.4 Å². The Hall–Kier alpha value is -1.59. The van der Waals surface area contributed by atoms with Gasteiger partial charge < -0.3 is 5.32 Å². The van der Waals surface area contributed by atoms with Gasteiger partial charge in [-0.15, -0.1) is 0 Å². The van der Waals surface area contributed by atoms with Gasteiger partial charge in [0.1, 0.15) is 0 Å². The lowest BCUT2D eigenvalue weighted by Crippen LogP contribution is -2.39. The first-order valence-electron chi connectivity index (χ1n) is 5.35. The molecule has 2 nitrogen and oxygen atoms in total. The molecular formula is C14H18N2. The molecule has 0 bridgehead atoms. The van der Waals surface area contributed by atoms with E-state index >= 15 is 0 Å². The maximum Gasteiger partial charge on any atom is 0.0961 e. The van der Waals surface area contributed by atoms with E-state index in [2.05, 4.69) is 38.7 Å². The molecule has 2 heteroatoms. The van der Waals surface area contributed by atoms with Crippen molar-refractivity contribution in [3.63, 3.8) is 0 Å². The SMILES string of the molecule is C=C(C#N)C(NC(C)(C)C)c1ccccc1. The zero-order valence-corrected chi connectivity index (χ0v) is 10.1. The summed E-state index contributed by atoms with van der Waals surface area (Å²) in [5, 5.41) is 12.4. The van der Waals surface area contributed by atoms with Gasteiger partial charge in [0.25, 0.3) is 0 Å². The van der Waals surface area contributed by atoms with Crippen LogP contribution in [-0.4, -0.2) is 5.54 Å². The van der Waals surface area contributed by atoms with E-state index in [1.807, 2.05) is 30.3 Å². The van der Waals surface area contributed by atoms with Crippen molar-refractivity contribution in [3.8, 4) is 6.07 Å². The lowest BCUT2D eigenvalue weighted by Gasteiger charge is -2.28. The second-order valence-corrected chi connectivity index (χ2v) is 4.88. The number of rotatable bonds is 3. The number of nitrogens with one attached hydrogen (secondary N) is 1. The van der Waals surface area contributed by atoms with Crippen molar-refractivity contribution >= 4 is 0 Å². The van der Waals surface area contributed by atoms with E-state index in [4.69, 9.17) is 5.26 Å². The van der Waals surface area contributed by atoms with Crippen molar-refractivity contribution in [1.29, 1.82) is 5.26 Å². The standard InChI is InChI=1S/C14H18N2/c1-11(10-15)13(16-14(2,3)4)12-8-6-5-7-9-12/h5-9,13,16H,1H2,2-4H3. The van der Waals surface area contributed by atoms with Gasteiger partial charge in [-0.25, -0.2) is 0 Å². The number of benzene rings is 1. The molecule has 0 aliphatic rings. The van der Waals surface area contributed by atoms with E-state index in [1.54, 1.807) is 0 Å². The Labute approximate surface area is 97.6 Å². The summed E-state index contributed by atoms with van der Waals surface area (Å²) in [4.78, 5) is 0. The maximum atomic E-state index is 8.97. The van der Waals surface area contributed by atoms with E-state index < -0.39 is 0 Å². The van der Waals surface area contributed by atoms with Crippen molar-refractivity contribution in [1.82, 2.24) is 5.32 Å². The van der Waals surface area contributed by atoms with E-state index in [1.165, 1.54) is 0 Å². The summed E-state index contributed by atoms with van der Waals surface area (Å²) in [5.74, 6) is 0. The van der Waals surface area contributed by atoms with Crippen LogP contribution in [0, 0.1) is 11.3 Å². The Morgan fingerprint density at radius 2 is 1.88 bits per heavy atom. The molecule has 16 heavy (non-hydrogen) atoms. The number of nitrogens with zero attached hydrogens (tertiary/aromatic N) is 1. The fraction of sp³-hybridized carbons (Fsp3) is 0.357. The van der Waals surface area contributed by atoms with E-state index in [-0.39, 0.29) is 11.6 Å². The average molecular weight is 214 g/mol. The molecule has 0 aliphatic heterocycles. The summed E-state index contributed by atoms with van der Waals surface area (Å²) >= 11 is 0. The highest BCUT2D eigenvalue weighted by Gasteiger charge is 2.20. The first-order chi connectivity index (χ1) is 7.44. The van der Waals surface area contributed by atoms with Gasteiger partial charge in [-0.3, -0.25) is 0 Å². The van der Waals surface area contributed by atoms with Crippen LogP contribution >= 0.6 is 0 Å². The predicted molar refractivity (Wildman–Crippen MR) is 66.8 cm³/mol. The lowest BCUT2D eigenvalue weighted by molar-refractivity contribution is 0.392. The van der Waals surface area contributed by atoms with Crippen LogP contribution in [0.15, 0.2) is 42.5 Å². The van der Waals surface area contributed by atoms with Crippen LogP contribution in [0.3, 0.4) is 0 Å². The normalized spacial score (nSPS) is 12.9. The van der Waals surface area contributed by atoms with E-state index in [0.717, 1.165) is 5.56 Å². The molecule has 1 aromatic carbocycles. The summed E-state index contributed by atoms with van der Waals surface area (Å²) in [5.41, 5.74) is 1.56. The van der Waals surface area contributed by atoms with Crippen molar-refractivity contribution < 1.29 is 0 Å². The maximum absolute atomic E-state index is 8.97. The van der Waals surface area contributed by atoms with Crippen molar-refractivity contribution in [2.24, 2.45) is 0 Å². The monoisotopic (exact) mass is 214 g/mol. The predicted octanol–water partition coefficient (Wildman–Crippen LogP) is 3.20. The molecule has 0 radical (unpaired) electrons. The molecule has 0 aromatic heterocycles. The summed E-state index contributed by atoms with van der Waals surface area (Å²) in [6.07, 6.45) is 0. The Kier molecular flexibility index (Phi) is 3.87. The van der Waals surface area contributed by atoms with Crippen LogP contribution in [0.2, 0.25) is 0 Å². The van der Waals surface area contributed by atoms with Gasteiger partial charge in [0.05, 0.1) is 12.1 Å². The molecule has 1 rings (SSSR count). The van der Waals surface area contributed by atoms with Crippen LogP contribution in [0.5, 0.6) is 0 Å². The topological polar surface area (TPSA) is 35.8 Å². The van der Waals surface area contributed by atoms with Gasteiger partial charge in [-0.05, 0) is 26.3 Å². The zero-order chi connectivity index (χ0) is 12.2. The van der Waals surface area contributed by atoms with E-state index in [0.29, 0.717) is 5.57 Å². The lowest BCUT2D eigenvalue weighted by atomic mass is 9.97. The highest BCUT2D eigenvalue weighted by atomic mass is 15.0. The molecular weight excluding hydrogens is 196 g/mol. The van der Waals surface area contributed by atoms with Gasteiger partial charge >= 0.3 is 0 Å². The Bertz CT molecular complexity index is 393. The van der Waals surface area contributed by atoms with Crippen molar-refractivity contribution in [3.05, 3.63) is 48.0 Å². The van der Waals surface area contributed by atoms with E-state index in [9.17, 15) is 0 Å². The zero-order valence-electron chi connectivity index (χ0n) is 10.1. The second-order valence-electron chi connectivity index (χ2n) is 4.88. The molecule has 0 heterocycles. The third kappa shape index (κ3) is 3.52. The first-order valence-corrected chi connectivity index (χ1v) is 5.35. The molecule has 0 saturated carbocycles. The Morgan fingerprint density at radius 3 is 2.31 bits per heavy atom. The quantitative estimate of drug-likeness (QED) is 0.784. The van der Waals surface area contributed by atoms with Gasteiger partial charge in [0.2, 0.25) is 0 Å². The minimum Gasteiger partial charge on any atom is -0.301 e. The number of hydrogen-bond acceptors (Lipinski definition) is 2. The minimum atomic E-state index is -0.105. The van der Waals surface area contributed by atoms with Gasteiger partial charge in [-0.2, -0.15) is 5.26 Å². The van der Waals surface area contributed by atoms with Crippen LogP contribution in [0.4, 0.5) is 0 Å². The second kappa shape index (κ2) is 4.96. The molecule has 0 spiro atoms. The summed E-state index contributed by atoms with van der Waals surface area (Å²) in [6.45, 7) is 10.0. The van der Waals surface area contributed by atoms with Crippen LogP contribution in [0.1, 0.15) is 32.4 Å². The molecule has 0 amide bonds. The summed E-state index contributed by atoms with van der Waals surface area (Å²) in [7, 11) is 0. The molecule has 0 aliphatic carbocycles. The van der Waals surface area contributed by atoms with Crippen LogP contribution in [-0.2, 0) is 0 Å². The fourth-order valence-corrected chi connectivity index (χ4v) is 1.51. The smallest absolute Gasteiger partial charge is 0.0961 e. The number of hydrogen-bond donors (Lipinski definition) is 1. The molecule has 84 valence electrons. The van der Waals surface area contributed by atoms with Crippen LogP contribution in [0.25, 0.3) is 0 Å². The van der Waals surface area contributed by atoms with Gasteiger partial charge in [0.15, 0.2) is 0 Å². The fourth-order valence-electron chi connectivity index (χ4n) is 1.51. The molecule has 1 N–H and O–H groups in total. The van der Waals surface area contributed by atoms with Gasteiger partial charge in [0, 0.05) is 11.1 Å². The Morgan fingerprint density at radius 1 is 1.31 bits per heavy atom. The molecule has 1 unspecified atom stereocenters. The highest BCUT2D eigenvalue weighted by molar-refractivity contribution is 5.34. The third-order valence-corrected chi connectivity index (χ3v) is 2.20. The average Bonchev–Trinajstić information content (AvgIpc) is 2.25. The molecule has 1 aromatic rings. The van der Waals surface area contributed by atoms with Crippen molar-refractivity contribution in [2.75, 3.05) is 0 Å². The molecule has 0 fully saturated rings. The van der Waals surface area contributed by atoms with Crippen LogP contribution < -0.4 is 5.32 Å². The summed E-state index contributed by atoms with van der Waals surface area (Å²) in [6, 6.07) is 11.9. The Balaban J connectivity index is 2.99. The molecule has 0 saturated heterocycles. The highest BCUT2D eigenvalue weighted by Crippen LogP contribution is 2.22. The minimum absolute atomic E-state index is 0.0553. The largest absolute Gasteiger partial charge is 0.301 e. The van der Waals surface area contributed by atoms with Gasteiger partial charge in [-0.1, -0.05) is 36.9 Å². The third-order valence-electron chi connectivity index (χ3n) is 2.20. The number of nitriles is 1. The summed E-state index contributed by atoms with van der Waals surface area (Å²) < 4.78 is 0.